The average Bonchev–Trinajstić information content (AvgIpc) is 2.70. The Morgan fingerprint density at radius 1 is 1.36 bits per heavy atom. The Bertz CT molecular complexity index is 429. The quantitative estimate of drug-likeness (QED) is 0.758. The van der Waals surface area contributed by atoms with Crippen molar-refractivity contribution in [2.75, 3.05) is 0 Å². The lowest BCUT2D eigenvalue weighted by atomic mass is 10.2. The van der Waals surface area contributed by atoms with Crippen LogP contribution >= 0.6 is 11.3 Å². The molecule has 0 radical (unpaired) electrons. The number of aryl methyl sites for hydroxylation is 1. The molecule has 2 heterocycles. The molecule has 2 rings (SSSR count). The second-order valence-corrected chi connectivity index (χ2v) is 4.48. The van der Waals surface area contributed by atoms with Crippen LogP contribution < -0.4 is 0 Å². The van der Waals surface area contributed by atoms with Crippen LogP contribution in [0.15, 0.2) is 12.3 Å². The van der Waals surface area contributed by atoms with Crippen LogP contribution in [0, 0.1) is 0 Å². The molecule has 0 aliphatic rings. The van der Waals surface area contributed by atoms with Crippen molar-refractivity contribution < 1.29 is 0 Å². The minimum Gasteiger partial charge on any atom is -0.275 e. The number of rotatable bonds is 2. The van der Waals surface area contributed by atoms with E-state index in [2.05, 4.69) is 29.1 Å². The van der Waals surface area contributed by atoms with Crippen molar-refractivity contribution in [3.05, 3.63) is 17.3 Å². The van der Waals surface area contributed by atoms with E-state index >= 15 is 0 Å². The summed E-state index contributed by atoms with van der Waals surface area (Å²) in [5, 5.41) is 14.5. The Kier molecular flexibility index (Phi) is 2.33. The Morgan fingerprint density at radius 2 is 2.14 bits per heavy atom. The normalized spacial score (nSPS) is 11.1. The first-order valence-corrected chi connectivity index (χ1v) is 5.32. The molecule has 0 aliphatic heterocycles. The number of nitrogens with zero attached hydrogens (tertiary/aromatic N) is 4. The molecule has 2 aromatic rings. The topological polar surface area (TPSA) is 43.6 Å². The van der Waals surface area contributed by atoms with E-state index in [1.165, 1.54) is 0 Å². The summed E-state index contributed by atoms with van der Waals surface area (Å²) in [6.07, 6.45) is 1.91. The van der Waals surface area contributed by atoms with Gasteiger partial charge in [0, 0.05) is 19.2 Å². The lowest BCUT2D eigenvalue weighted by Gasteiger charge is -1.93. The van der Waals surface area contributed by atoms with E-state index in [9.17, 15) is 0 Å². The van der Waals surface area contributed by atoms with E-state index in [-0.39, 0.29) is 0 Å². The number of aromatic nitrogens is 4. The Morgan fingerprint density at radius 3 is 2.64 bits per heavy atom. The van der Waals surface area contributed by atoms with Crippen LogP contribution in [0.2, 0.25) is 0 Å². The van der Waals surface area contributed by atoms with Gasteiger partial charge in [-0.3, -0.25) is 4.68 Å². The third-order valence-corrected chi connectivity index (χ3v) is 3.11. The summed E-state index contributed by atoms with van der Waals surface area (Å²) < 4.78 is 1.77. The lowest BCUT2D eigenvalue weighted by molar-refractivity contribution is 0.769. The summed E-state index contributed by atoms with van der Waals surface area (Å²) in [6.45, 7) is 4.23. The van der Waals surface area contributed by atoms with Crippen molar-refractivity contribution in [1.82, 2.24) is 20.0 Å². The van der Waals surface area contributed by atoms with Gasteiger partial charge in [-0.25, -0.2) is 0 Å². The number of hydrogen-bond acceptors (Lipinski definition) is 4. The van der Waals surface area contributed by atoms with Crippen LogP contribution in [-0.2, 0) is 7.05 Å². The highest BCUT2D eigenvalue weighted by Gasteiger charge is 2.10. The van der Waals surface area contributed by atoms with Gasteiger partial charge in [-0.15, -0.1) is 10.2 Å². The average molecular weight is 208 g/mol. The van der Waals surface area contributed by atoms with Gasteiger partial charge in [-0.05, 0) is 6.07 Å². The van der Waals surface area contributed by atoms with Crippen LogP contribution in [0.5, 0.6) is 0 Å². The molecule has 4 nitrogen and oxygen atoms in total. The van der Waals surface area contributed by atoms with Gasteiger partial charge in [0.15, 0.2) is 5.01 Å². The predicted molar refractivity (Wildman–Crippen MR) is 56.2 cm³/mol. The first kappa shape index (κ1) is 9.33. The molecule has 0 bridgehead atoms. The van der Waals surface area contributed by atoms with Gasteiger partial charge in [0.2, 0.25) is 0 Å². The molecule has 0 aromatic carbocycles. The van der Waals surface area contributed by atoms with Crippen LogP contribution in [-0.4, -0.2) is 20.0 Å². The monoisotopic (exact) mass is 208 g/mol. The van der Waals surface area contributed by atoms with Crippen LogP contribution in [0.1, 0.15) is 24.8 Å². The van der Waals surface area contributed by atoms with Crippen LogP contribution in [0.3, 0.4) is 0 Å². The molecular formula is C9H12N4S. The minimum absolute atomic E-state index is 0.435. The number of hydrogen-bond donors (Lipinski definition) is 0. The molecule has 0 saturated carbocycles. The zero-order valence-corrected chi connectivity index (χ0v) is 9.25. The van der Waals surface area contributed by atoms with E-state index in [0.29, 0.717) is 5.92 Å². The Labute approximate surface area is 86.6 Å². The van der Waals surface area contributed by atoms with Gasteiger partial charge in [-0.1, -0.05) is 25.2 Å². The van der Waals surface area contributed by atoms with E-state index in [1.54, 1.807) is 16.0 Å². The van der Waals surface area contributed by atoms with Crippen molar-refractivity contribution >= 4 is 11.3 Å². The maximum Gasteiger partial charge on any atom is 0.168 e. The molecule has 0 N–H and O–H groups in total. The highest BCUT2D eigenvalue weighted by molar-refractivity contribution is 7.14. The first-order chi connectivity index (χ1) is 6.66. The largest absolute Gasteiger partial charge is 0.275 e. The lowest BCUT2D eigenvalue weighted by Crippen LogP contribution is -1.87. The maximum absolute atomic E-state index is 4.28. The van der Waals surface area contributed by atoms with Gasteiger partial charge < -0.3 is 0 Å². The highest BCUT2D eigenvalue weighted by Crippen LogP contribution is 2.25. The summed E-state index contributed by atoms with van der Waals surface area (Å²) >= 11 is 1.61. The fourth-order valence-corrected chi connectivity index (χ4v) is 1.91. The van der Waals surface area contributed by atoms with Crippen molar-refractivity contribution in [3.8, 4) is 10.7 Å². The van der Waals surface area contributed by atoms with E-state index in [4.69, 9.17) is 0 Å². The Balaban J connectivity index is 2.33. The highest BCUT2D eigenvalue weighted by atomic mass is 32.1. The molecule has 0 saturated heterocycles. The molecule has 14 heavy (non-hydrogen) atoms. The molecule has 5 heteroatoms. The molecular weight excluding hydrogens is 196 g/mol. The maximum atomic E-state index is 4.28. The molecule has 0 spiro atoms. The summed E-state index contributed by atoms with van der Waals surface area (Å²) in [7, 11) is 1.90. The molecule has 0 amide bonds. The van der Waals surface area contributed by atoms with E-state index in [0.717, 1.165) is 15.7 Å². The SMILES string of the molecule is CC(C)c1nnc(-c2ccn(C)n2)s1. The van der Waals surface area contributed by atoms with Gasteiger partial charge in [0.1, 0.15) is 10.7 Å². The second kappa shape index (κ2) is 3.49. The predicted octanol–water partition coefficient (Wildman–Crippen LogP) is 2.06. The van der Waals surface area contributed by atoms with Gasteiger partial charge in [-0.2, -0.15) is 5.10 Å². The molecule has 74 valence electrons. The van der Waals surface area contributed by atoms with Crippen molar-refractivity contribution in [2.45, 2.75) is 19.8 Å². The standard InChI is InChI=1S/C9H12N4S/c1-6(2)8-10-11-9(14-8)7-4-5-13(3)12-7/h4-6H,1-3H3. The Hall–Kier alpha value is -1.23. The zero-order chi connectivity index (χ0) is 10.1. The molecule has 0 atom stereocenters. The first-order valence-electron chi connectivity index (χ1n) is 4.50. The molecule has 0 aliphatic carbocycles. The summed E-state index contributed by atoms with van der Waals surface area (Å²) in [5.74, 6) is 0.435. The van der Waals surface area contributed by atoms with Crippen LogP contribution in [0.4, 0.5) is 0 Å². The minimum atomic E-state index is 0.435. The summed E-state index contributed by atoms with van der Waals surface area (Å²) in [5.41, 5.74) is 0.900. The molecule has 0 fully saturated rings. The van der Waals surface area contributed by atoms with Crippen LogP contribution in [0.25, 0.3) is 10.7 Å². The third kappa shape index (κ3) is 1.68. The second-order valence-electron chi connectivity index (χ2n) is 3.47. The van der Waals surface area contributed by atoms with Gasteiger partial charge in [0.05, 0.1) is 0 Å². The van der Waals surface area contributed by atoms with Crippen molar-refractivity contribution in [3.63, 3.8) is 0 Å². The fraction of sp³-hybridized carbons (Fsp3) is 0.444. The fourth-order valence-electron chi connectivity index (χ4n) is 1.10. The summed E-state index contributed by atoms with van der Waals surface area (Å²) in [6, 6.07) is 1.95. The van der Waals surface area contributed by atoms with Crippen molar-refractivity contribution in [1.29, 1.82) is 0 Å². The van der Waals surface area contributed by atoms with E-state index in [1.807, 2.05) is 19.3 Å². The smallest absolute Gasteiger partial charge is 0.168 e. The molecule has 0 unspecified atom stereocenters. The molecule has 2 aromatic heterocycles. The van der Waals surface area contributed by atoms with E-state index < -0.39 is 0 Å². The van der Waals surface area contributed by atoms with Gasteiger partial charge in [0.25, 0.3) is 0 Å². The van der Waals surface area contributed by atoms with Gasteiger partial charge >= 0.3 is 0 Å². The zero-order valence-electron chi connectivity index (χ0n) is 8.43. The van der Waals surface area contributed by atoms with Crippen molar-refractivity contribution in [2.24, 2.45) is 7.05 Å². The summed E-state index contributed by atoms with van der Waals surface area (Å²) in [4.78, 5) is 0. The third-order valence-electron chi connectivity index (χ3n) is 1.87.